The Hall–Kier alpha value is -1.32. The number of rotatable bonds is 3. The van der Waals surface area contributed by atoms with Crippen molar-refractivity contribution in [3.05, 3.63) is 18.0 Å². The lowest BCUT2D eigenvalue weighted by atomic mass is 10.4. The Balaban J connectivity index is 2.59. The van der Waals surface area contributed by atoms with Crippen molar-refractivity contribution in [2.24, 2.45) is 7.05 Å². The largest absolute Gasteiger partial charge is 0.351 e. The molecule has 0 aliphatic carbocycles. The van der Waals surface area contributed by atoms with Gasteiger partial charge in [0.25, 0.3) is 5.91 Å². The molecule has 0 aromatic carbocycles. The summed E-state index contributed by atoms with van der Waals surface area (Å²) in [5.74, 6) is -0.0585. The first-order chi connectivity index (χ1) is 5.75. The smallest absolute Gasteiger partial charge is 0.269 e. The van der Waals surface area contributed by atoms with Crippen LogP contribution in [0, 0.1) is 0 Å². The molecule has 0 bridgehead atoms. The molecular weight excluding hydrogens is 154 g/mol. The topological polar surface area (TPSA) is 46.9 Å². The first-order valence-corrected chi connectivity index (χ1v) is 4.02. The van der Waals surface area contributed by atoms with Crippen molar-refractivity contribution in [1.82, 2.24) is 15.1 Å². The van der Waals surface area contributed by atoms with Crippen LogP contribution in [0.4, 0.5) is 0 Å². The minimum absolute atomic E-state index is 0.0585. The molecular formula is C8H13N3O. The number of nitrogens with zero attached hydrogens (tertiary/aromatic N) is 2. The zero-order valence-electron chi connectivity index (χ0n) is 7.37. The van der Waals surface area contributed by atoms with Crippen LogP contribution in [0.3, 0.4) is 0 Å². The van der Waals surface area contributed by atoms with Gasteiger partial charge in [-0.15, -0.1) is 0 Å². The molecule has 0 fully saturated rings. The summed E-state index contributed by atoms with van der Waals surface area (Å²) in [4.78, 5) is 11.3. The van der Waals surface area contributed by atoms with E-state index in [1.807, 2.05) is 6.92 Å². The van der Waals surface area contributed by atoms with E-state index in [0.717, 1.165) is 6.42 Å². The zero-order valence-corrected chi connectivity index (χ0v) is 7.37. The van der Waals surface area contributed by atoms with Crippen molar-refractivity contribution in [1.29, 1.82) is 0 Å². The van der Waals surface area contributed by atoms with Crippen LogP contribution in [0.1, 0.15) is 23.8 Å². The normalized spacial score (nSPS) is 9.83. The Kier molecular flexibility index (Phi) is 2.85. The van der Waals surface area contributed by atoms with E-state index in [2.05, 4.69) is 10.4 Å². The lowest BCUT2D eigenvalue weighted by Crippen LogP contribution is -2.26. The molecule has 4 heteroatoms. The van der Waals surface area contributed by atoms with Crippen LogP contribution < -0.4 is 5.32 Å². The molecule has 1 aromatic rings. The minimum Gasteiger partial charge on any atom is -0.351 e. The highest BCUT2D eigenvalue weighted by molar-refractivity contribution is 5.92. The summed E-state index contributed by atoms with van der Waals surface area (Å²) in [7, 11) is 1.75. The average Bonchev–Trinajstić information content (AvgIpc) is 2.47. The van der Waals surface area contributed by atoms with Crippen molar-refractivity contribution in [3.8, 4) is 0 Å². The fourth-order valence-electron chi connectivity index (χ4n) is 0.926. The molecule has 4 nitrogen and oxygen atoms in total. The molecule has 0 radical (unpaired) electrons. The van der Waals surface area contributed by atoms with E-state index in [9.17, 15) is 4.79 Å². The Morgan fingerprint density at radius 2 is 2.50 bits per heavy atom. The standard InChI is InChI=1S/C8H13N3O/c1-3-5-9-8(12)7-4-6-10-11(7)2/h4,6H,3,5H2,1-2H3,(H,9,12). The van der Waals surface area contributed by atoms with Crippen molar-refractivity contribution >= 4 is 5.91 Å². The highest BCUT2D eigenvalue weighted by atomic mass is 16.2. The number of hydrogen-bond acceptors (Lipinski definition) is 2. The molecule has 1 rings (SSSR count). The minimum atomic E-state index is -0.0585. The van der Waals surface area contributed by atoms with E-state index in [0.29, 0.717) is 12.2 Å². The van der Waals surface area contributed by atoms with Crippen molar-refractivity contribution in [2.75, 3.05) is 6.54 Å². The van der Waals surface area contributed by atoms with Gasteiger partial charge in [-0.05, 0) is 12.5 Å². The number of carbonyl (C=O) groups is 1. The maximum Gasteiger partial charge on any atom is 0.269 e. The lowest BCUT2D eigenvalue weighted by molar-refractivity contribution is 0.0944. The van der Waals surface area contributed by atoms with Crippen LogP contribution in [0.25, 0.3) is 0 Å². The van der Waals surface area contributed by atoms with E-state index in [1.165, 1.54) is 0 Å². The summed E-state index contributed by atoms with van der Waals surface area (Å²) < 4.78 is 1.56. The van der Waals surface area contributed by atoms with Crippen molar-refractivity contribution in [3.63, 3.8) is 0 Å². The van der Waals surface area contributed by atoms with Gasteiger partial charge in [0.2, 0.25) is 0 Å². The highest BCUT2D eigenvalue weighted by Gasteiger charge is 2.07. The van der Waals surface area contributed by atoms with Crippen LogP contribution in [-0.4, -0.2) is 22.2 Å². The fourth-order valence-corrected chi connectivity index (χ4v) is 0.926. The number of hydrogen-bond donors (Lipinski definition) is 1. The van der Waals surface area contributed by atoms with Crippen LogP contribution in [0.15, 0.2) is 12.3 Å². The summed E-state index contributed by atoms with van der Waals surface area (Å²) in [6, 6.07) is 1.70. The summed E-state index contributed by atoms with van der Waals surface area (Å²) >= 11 is 0. The quantitative estimate of drug-likeness (QED) is 0.715. The van der Waals surface area contributed by atoms with Gasteiger partial charge in [0.05, 0.1) is 0 Å². The van der Waals surface area contributed by atoms with Crippen LogP contribution in [0.2, 0.25) is 0 Å². The third-order valence-electron chi connectivity index (χ3n) is 1.59. The molecule has 0 aliphatic heterocycles. The van der Waals surface area contributed by atoms with Gasteiger partial charge in [-0.1, -0.05) is 6.92 Å². The first kappa shape index (κ1) is 8.77. The second-order valence-electron chi connectivity index (χ2n) is 2.60. The molecule has 1 amide bonds. The van der Waals surface area contributed by atoms with Gasteiger partial charge >= 0.3 is 0 Å². The van der Waals surface area contributed by atoms with Gasteiger partial charge in [0.1, 0.15) is 5.69 Å². The second kappa shape index (κ2) is 3.90. The first-order valence-electron chi connectivity index (χ1n) is 4.02. The molecule has 1 aromatic heterocycles. The van der Waals surface area contributed by atoms with Crippen molar-refractivity contribution in [2.45, 2.75) is 13.3 Å². The van der Waals surface area contributed by atoms with E-state index in [4.69, 9.17) is 0 Å². The van der Waals surface area contributed by atoms with Gasteiger partial charge in [0.15, 0.2) is 0 Å². The van der Waals surface area contributed by atoms with Gasteiger partial charge < -0.3 is 5.32 Å². The molecule has 12 heavy (non-hydrogen) atoms. The Bertz CT molecular complexity index is 267. The summed E-state index contributed by atoms with van der Waals surface area (Å²) in [6.07, 6.45) is 2.56. The third-order valence-corrected chi connectivity index (χ3v) is 1.59. The number of carbonyl (C=O) groups excluding carboxylic acids is 1. The van der Waals surface area contributed by atoms with E-state index in [-0.39, 0.29) is 5.91 Å². The van der Waals surface area contributed by atoms with Gasteiger partial charge in [-0.3, -0.25) is 9.48 Å². The van der Waals surface area contributed by atoms with E-state index < -0.39 is 0 Å². The Morgan fingerprint density at radius 1 is 1.75 bits per heavy atom. The number of aromatic nitrogens is 2. The molecule has 0 atom stereocenters. The Morgan fingerprint density at radius 3 is 3.00 bits per heavy atom. The van der Waals surface area contributed by atoms with Crippen LogP contribution >= 0.6 is 0 Å². The molecule has 0 aliphatic rings. The predicted molar refractivity (Wildman–Crippen MR) is 45.8 cm³/mol. The molecule has 0 saturated carbocycles. The summed E-state index contributed by atoms with van der Waals surface area (Å²) in [6.45, 7) is 2.73. The third kappa shape index (κ3) is 1.84. The predicted octanol–water partition coefficient (Wildman–Crippen LogP) is 0.560. The molecule has 1 heterocycles. The number of aryl methyl sites for hydroxylation is 1. The SMILES string of the molecule is CCCNC(=O)c1ccnn1C. The lowest BCUT2D eigenvalue weighted by Gasteiger charge is -2.02. The maximum atomic E-state index is 11.3. The van der Waals surface area contributed by atoms with Crippen LogP contribution in [-0.2, 0) is 7.05 Å². The number of nitrogens with one attached hydrogen (secondary N) is 1. The van der Waals surface area contributed by atoms with E-state index in [1.54, 1.807) is 24.0 Å². The fraction of sp³-hybridized carbons (Fsp3) is 0.500. The van der Waals surface area contributed by atoms with Gasteiger partial charge in [0, 0.05) is 19.8 Å². The molecule has 0 saturated heterocycles. The van der Waals surface area contributed by atoms with Gasteiger partial charge in [-0.2, -0.15) is 5.10 Å². The van der Waals surface area contributed by atoms with E-state index >= 15 is 0 Å². The molecule has 1 N–H and O–H groups in total. The average molecular weight is 167 g/mol. The van der Waals surface area contributed by atoms with Gasteiger partial charge in [-0.25, -0.2) is 0 Å². The second-order valence-corrected chi connectivity index (χ2v) is 2.60. The van der Waals surface area contributed by atoms with Crippen molar-refractivity contribution < 1.29 is 4.79 Å². The number of amides is 1. The van der Waals surface area contributed by atoms with Crippen LogP contribution in [0.5, 0.6) is 0 Å². The maximum absolute atomic E-state index is 11.3. The Labute approximate surface area is 71.6 Å². The highest BCUT2D eigenvalue weighted by Crippen LogP contribution is 1.94. The molecule has 66 valence electrons. The summed E-state index contributed by atoms with van der Waals surface area (Å²) in [5.41, 5.74) is 0.600. The molecule has 0 unspecified atom stereocenters. The zero-order chi connectivity index (χ0) is 8.97. The molecule has 0 spiro atoms. The monoisotopic (exact) mass is 167 g/mol. The summed E-state index contributed by atoms with van der Waals surface area (Å²) in [5, 5.41) is 6.68.